The number of hydrogen-bond donors (Lipinski definition) is 1. The van der Waals surface area contributed by atoms with E-state index in [-0.39, 0.29) is 23.0 Å². The lowest BCUT2D eigenvalue weighted by Gasteiger charge is -2.25. The number of nitrogens with one attached hydrogen (secondary N) is 1. The summed E-state index contributed by atoms with van der Waals surface area (Å²) in [5, 5.41) is 2.59. The minimum atomic E-state index is -0.346. The Morgan fingerprint density at radius 2 is 1.90 bits per heavy atom. The van der Waals surface area contributed by atoms with Crippen LogP contribution in [-0.4, -0.2) is 24.7 Å². The summed E-state index contributed by atoms with van der Waals surface area (Å²) in [5.41, 5.74) is 3.03. The number of thioether (sulfide) groups is 1. The number of carbonyl (C=O) groups excluding carboxylic acids is 2. The molecule has 5 nitrogen and oxygen atoms in total. The summed E-state index contributed by atoms with van der Waals surface area (Å²) in [7, 11) is 1.57. The Kier molecular flexibility index (Phi) is 5.95. The van der Waals surface area contributed by atoms with Crippen LogP contribution in [0.3, 0.4) is 0 Å². The Hall–Kier alpha value is -3.32. The van der Waals surface area contributed by atoms with E-state index in [9.17, 15) is 14.0 Å². The molecule has 3 aromatic rings. The van der Waals surface area contributed by atoms with Gasteiger partial charge in [-0.15, -0.1) is 11.8 Å². The van der Waals surface area contributed by atoms with E-state index >= 15 is 0 Å². The molecule has 1 aliphatic rings. The van der Waals surface area contributed by atoms with E-state index in [1.54, 1.807) is 61.4 Å². The van der Waals surface area contributed by atoms with Crippen LogP contribution in [0.25, 0.3) is 0 Å². The maximum Gasteiger partial charge on any atom is 0.255 e. The predicted molar refractivity (Wildman–Crippen MR) is 121 cm³/mol. The van der Waals surface area contributed by atoms with Gasteiger partial charge in [-0.1, -0.05) is 18.2 Å². The van der Waals surface area contributed by atoms with E-state index < -0.39 is 0 Å². The molecule has 31 heavy (non-hydrogen) atoms. The Morgan fingerprint density at radius 1 is 1.13 bits per heavy atom. The van der Waals surface area contributed by atoms with Crippen LogP contribution in [0.4, 0.5) is 15.8 Å². The summed E-state index contributed by atoms with van der Waals surface area (Å²) in [6, 6.07) is 19.0. The highest BCUT2D eigenvalue weighted by Gasteiger charge is 2.34. The molecule has 0 unspecified atom stereocenters. The minimum Gasteiger partial charge on any atom is -0.497 e. The third-order valence-electron chi connectivity index (χ3n) is 5.08. The molecule has 158 valence electrons. The van der Waals surface area contributed by atoms with Crippen molar-refractivity contribution in [1.82, 2.24) is 0 Å². The Morgan fingerprint density at radius 3 is 2.61 bits per heavy atom. The second-order valence-corrected chi connectivity index (χ2v) is 8.24. The lowest BCUT2D eigenvalue weighted by Crippen LogP contribution is -2.28. The average molecular weight is 437 g/mol. The van der Waals surface area contributed by atoms with Crippen LogP contribution in [0.15, 0.2) is 66.7 Å². The molecule has 7 heteroatoms. The van der Waals surface area contributed by atoms with E-state index in [4.69, 9.17) is 4.74 Å². The molecule has 0 saturated carbocycles. The van der Waals surface area contributed by atoms with Gasteiger partial charge >= 0.3 is 0 Å². The average Bonchev–Trinajstić information content (AvgIpc) is 3.17. The van der Waals surface area contributed by atoms with Crippen molar-refractivity contribution in [3.05, 3.63) is 89.2 Å². The molecule has 3 aromatic carbocycles. The van der Waals surface area contributed by atoms with Gasteiger partial charge in [0.05, 0.1) is 12.9 Å². The number of nitrogens with zero attached hydrogens (tertiary/aromatic N) is 1. The van der Waals surface area contributed by atoms with Crippen molar-refractivity contribution in [2.75, 3.05) is 23.1 Å². The second-order valence-electron chi connectivity index (χ2n) is 7.17. The number of ether oxygens (including phenoxy) is 1. The summed E-state index contributed by atoms with van der Waals surface area (Å²) < 4.78 is 19.2. The lowest BCUT2D eigenvalue weighted by atomic mass is 10.1. The first kappa shape index (κ1) is 20.9. The number of halogens is 1. The van der Waals surface area contributed by atoms with Crippen LogP contribution in [0.5, 0.6) is 5.75 Å². The van der Waals surface area contributed by atoms with Crippen molar-refractivity contribution >= 4 is 35.0 Å². The van der Waals surface area contributed by atoms with Gasteiger partial charge in [0.15, 0.2) is 0 Å². The van der Waals surface area contributed by atoms with E-state index in [0.29, 0.717) is 34.0 Å². The lowest BCUT2D eigenvalue weighted by molar-refractivity contribution is -0.115. The Labute approximate surface area is 184 Å². The molecule has 0 aromatic heterocycles. The number of methoxy groups -OCH3 is 1. The monoisotopic (exact) mass is 436 g/mol. The fourth-order valence-electron chi connectivity index (χ4n) is 3.40. The van der Waals surface area contributed by atoms with Crippen LogP contribution in [-0.2, 0) is 4.79 Å². The third-order valence-corrected chi connectivity index (χ3v) is 6.30. The number of hydrogen-bond acceptors (Lipinski definition) is 4. The van der Waals surface area contributed by atoms with Crippen LogP contribution >= 0.6 is 11.8 Å². The van der Waals surface area contributed by atoms with E-state index in [1.165, 1.54) is 17.8 Å². The fourth-order valence-corrected chi connectivity index (χ4v) is 4.56. The molecule has 0 radical (unpaired) electrons. The highest BCUT2D eigenvalue weighted by atomic mass is 32.2. The zero-order valence-corrected chi connectivity index (χ0v) is 17.9. The molecule has 1 saturated heterocycles. The van der Waals surface area contributed by atoms with Gasteiger partial charge in [-0.05, 0) is 66.6 Å². The highest BCUT2D eigenvalue weighted by Crippen LogP contribution is 2.42. The van der Waals surface area contributed by atoms with Gasteiger partial charge in [0, 0.05) is 16.9 Å². The first-order valence-electron chi connectivity index (χ1n) is 9.71. The Balaban J connectivity index is 1.57. The molecule has 1 atom stereocenters. The minimum absolute atomic E-state index is 0.0778. The topological polar surface area (TPSA) is 58.6 Å². The zero-order valence-electron chi connectivity index (χ0n) is 17.1. The molecular formula is C24H21FN2O3S. The summed E-state index contributed by atoms with van der Waals surface area (Å²) in [6.45, 7) is 1.69. The number of anilines is 2. The summed E-state index contributed by atoms with van der Waals surface area (Å²) in [5.74, 6) is 0.316. The molecule has 1 aliphatic heterocycles. The number of amides is 2. The largest absolute Gasteiger partial charge is 0.497 e. The van der Waals surface area contributed by atoms with Crippen molar-refractivity contribution < 1.29 is 18.7 Å². The van der Waals surface area contributed by atoms with Crippen LogP contribution in [0, 0.1) is 12.7 Å². The van der Waals surface area contributed by atoms with Gasteiger partial charge < -0.3 is 10.1 Å². The standard InChI is InChI=1S/C24H21FN2O3S/c1-15-6-9-19(13-21(15)25)27-22(28)14-31-24(27)17-4-3-5-18(12-17)26-23(29)16-7-10-20(30-2)11-8-16/h3-13,24H,14H2,1-2H3,(H,26,29)/t24-/m0/s1. The molecule has 0 aliphatic carbocycles. The number of carbonyl (C=O) groups is 2. The molecule has 1 fully saturated rings. The fraction of sp³-hybridized carbons (Fsp3) is 0.167. The quantitative estimate of drug-likeness (QED) is 0.599. The normalized spacial score (nSPS) is 15.8. The molecular weight excluding hydrogens is 415 g/mol. The molecule has 1 N–H and O–H groups in total. The van der Waals surface area contributed by atoms with Crippen molar-refractivity contribution in [2.24, 2.45) is 0 Å². The number of rotatable bonds is 5. The van der Waals surface area contributed by atoms with Gasteiger partial charge in [-0.3, -0.25) is 14.5 Å². The van der Waals surface area contributed by atoms with Crippen molar-refractivity contribution in [2.45, 2.75) is 12.3 Å². The summed E-state index contributed by atoms with van der Waals surface area (Å²) >= 11 is 1.47. The summed E-state index contributed by atoms with van der Waals surface area (Å²) in [6.07, 6.45) is 0. The van der Waals surface area contributed by atoms with Gasteiger partial charge in [-0.2, -0.15) is 0 Å². The van der Waals surface area contributed by atoms with Crippen molar-refractivity contribution in [3.63, 3.8) is 0 Å². The third kappa shape index (κ3) is 4.41. The van der Waals surface area contributed by atoms with Gasteiger partial charge in [0.2, 0.25) is 5.91 Å². The number of benzene rings is 3. The zero-order chi connectivity index (χ0) is 22.0. The van der Waals surface area contributed by atoms with E-state index in [2.05, 4.69) is 5.32 Å². The van der Waals surface area contributed by atoms with Crippen LogP contribution in [0.2, 0.25) is 0 Å². The highest BCUT2D eigenvalue weighted by molar-refractivity contribution is 8.00. The molecule has 4 rings (SSSR count). The van der Waals surface area contributed by atoms with Gasteiger partial charge in [0.1, 0.15) is 16.9 Å². The SMILES string of the molecule is COc1ccc(C(=O)Nc2cccc([C@@H]3SCC(=O)N3c3ccc(C)c(F)c3)c2)cc1. The second kappa shape index (κ2) is 8.81. The van der Waals surface area contributed by atoms with Crippen LogP contribution < -0.4 is 15.0 Å². The first-order valence-corrected chi connectivity index (χ1v) is 10.8. The molecule has 2 amide bonds. The van der Waals surface area contributed by atoms with Gasteiger partial charge in [0.25, 0.3) is 5.91 Å². The van der Waals surface area contributed by atoms with Crippen LogP contribution in [0.1, 0.15) is 26.9 Å². The smallest absolute Gasteiger partial charge is 0.255 e. The van der Waals surface area contributed by atoms with E-state index in [1.807, 2.05) is 18.2 Å². The Bertz CT molecular complexity index is 1130. The van der Waals surface area contributed by atoms with Crippen molar-refractivity contribution in [3.8, 4) is 5.75 Å². The molecule has 0 spiro atoms. The maximum atomic E-state index is 14.1. The maximum absolute atomic E-state index is 14.1. The van der Waals surface area contributed by atoms with Gasteiger partial charge in [-0.25, -0.2) is 4.39 Å². The molecule has 0 bridgehead atoms. The molecule has 1 heterocycles. The number of aryl methyl sites for hydroxylation is 1. The predicted octanol–water partition coefficient (Wildman–Crippen LogP) is 5.17. The van der Waals surface area contributed by atoms with Crippen molar-refractivity contribution in [1.29, 1.82) is 0 Å². The van der Waals surface area contributed by atoms with E-state index in [0.717, 1.165) is 5.56 Å². The summed E-state index contributed by atoms with van der Waals surface area (Å²) in [4.78, 5) is 26.8. The first-order chi connectivity index (χ1) is 15.0.